The molecule has 110 valence electrons. The number of primary amides is 1. The number of aliphatic hydroxyl groups is 1. The molecule has 1 aliphatic rings. The number of aryl methyl sites for hydroxylation is 1. The minimum atomic E-state index is -0.735. The monoisotopic (exact) mass is 343 g/mol. The van der Waals surface area contributed by atoms with Crippen LogP contribution in [0.25, 0.3) is 0 Å². The molecule has 0 saturated carbocycles. The molecule has 2 unspecified atom stereocenters. The molecule has 1 aliphatic heterocycles. The Morgan fingerprint density at radius 2 is 2.25 bits per heavy atom. The summed E-state index contributed by atoms with van der Waals surface area (Å²) in [4.78, 5) is 25.4. The van der Waals surface area contributed by atoms with Gasteiger partial charge in [-0.25, -0.2) is 0 Å². The van der Waals surface area contributed by atoms with Gasteiger partial charge in [0.25, 0.3) is 5.91 Å². The Morgan fingerprint density at radius 3 is 2.85 bits per heavy atom. The molecule has 2 rings (SSSR count). The molecule has 7 heteroatoms. The molecule has 2 heterocycles. The number of β-amino-alcohol motifs (C(OH)–C–C–N with tert-alkyl or cyclic N) is 1. The fourth-order valence-corrected chi connectivity index (χ4v) is 3.00. The third-order valence-corrected chi connectivity index (χ3v) is 3.85. The molecule has 0 aliphatic carbocycles. The molecule has 0 bridgehead atoms. The van der Waals surface area contributed by atoms with E-state index in [9.17, 15) is 14.7 Å². The van der Waals surface area contributed by atoms with Crippen molar-refractivity contribution in [2.45, 2.75) is 38.5 Å². The number of aromatic nitrogens is 1. The number of likely N-dealkylation sites (tertiary alicyclic amines) is 1. The standard InChI is InChI=1S/C13H18BrN3O3/c1-2-3-16-6-8(14)4-11(16)13(20)17-7-9(18)5-10(17)12(15)19/h4,6,9-10,18H,2-3,5,7H2,1H3,(H2,15,19). The normalized spacial score (nSPS) is 22.2. The van der Waals surface area contributed by atoms with Crippen molar-refractivity contribution in [2.75, 3.05) is 6.54 Å². The average Bonchev–Trinajstić information content (AvgIpc) is 2.92. The highest BCUT2D eigenvalue weighted by molar-refractivity contribution is 9.10. The van der Waals surface area contributed by atoms with Crippen molar-refractivity contribution in [3.05, 3.63) is 22.4 Å². The molecule has 2 amide bonds. The van der Waals surface area contributed by atoms with Gasteiger partial charge in [0.2, 0.25) is 5.91 Å². The van der Waals surface area contributed by atoms with Crippen LogP contribution in [0.15, 0.2) is 16.7 Å². The van der Waals surface area contributed by atoms with Crippen LogP contribution in [-0.2, 0) is 11.3 Å². The fraction of sp³-hybridized carbons (Fsp3) is 0.538. The lowest BCUT2D eigenvalue weighted by Gasteiger charge is -2.22. The molecular weight excluding hydrogens is 326 g/mol. The number of rotatable bonds is 4. The summed E-state index contributed by atoms with van der Waals surface area (Å²) in [6.07, 6.45) is 2.23. The van der Waals surface area contributed by atoms with Crippen LogP contribution in [0.2, 0.25) is 0 Å². The molecular formula is C13H18BrN3O3. The van der Waals surface area contributed by atoms with Crippen LogP contribution >= 0.6 is 15.9 Å². The molecule has 1 saturated heterocycles. The highest BCUT2D eigenvalue weighted by Crippen LogP contribution is 2.23. The number of nitrogens with two attached hydrogens (primary N) is 1. The van der Waals surface area contributed by atoms with Gasteiger partial charge < -0.3 is 20.3 Å². The maximum Gasteiger partial charge on any atom is 0.271 e. The Morgan fingerprint density at radius 1 is 1.55 bits per heavy atom. The number of hydrogen-bond donors (Lipinski definition) is 2. The molecule has 6 nitrogen and oxygen atoms in total. The lowest BCUT2D eigenvalue weighted by molar-refractivity contribution is -0.121. The fourth-order valence-electron chi connectivity index (χ4n) is 2.53. The van der Waals surface area contributed by atoms with Gasteiger partial charge >= 0.3 is 0 Å². The van der Waals surface area contributed by atoms with Crippen LogP contribution in [-0.4, -0.2) is 45.1 Å². The maximum atomic E-state index is 12.6. The predicted octanol–water partition coefficient (Wildman–Crippen LogP) is 0.721. The van der Waals surface area contributed by atoms with Gasteiger partial charge in [-0.3, -0.25) is 9.59 Å². The third kappa shape index (κ3) is 2.88. The van der Waals surface area contributed by atoms with E-state index in [4.69, 9.17) is 5.73 Å². The van der Waals surface area contributed by atoms with E-state index >= 15 is 0 Å². The largest absolute Gasteiger partial charge is 0.391 e. The van der Waals surface area contributed by atoms with Crippen LogP contribution in [0.4, 0.5) is 0 Å². The molecule has 1 aromatic rings. The average molecular weight is 344 g/mol. The Hall–Kier alpha value is -1.34. The van der Waals surface area contributed by atoms with Gasteiger partial charge in [0.05, 0.1) is 6.10 Å². The van der Waals surface area contributed by atoms with Gasteiger partial charge in [-0.15, -0.1) is 0 Å². The summed E-state index contributed by atoms with van der Waals surface area (Å²) in [5, 5.41) is 9.67. The summed E-state index contributed by atoms with van der Waals surface area (Å²) in [6.45, 7) is 2.87. The van der Waals surface area contributed by atoms with Crippen molar-refractivity contribution >= 4 is 27.7 Å². The summed E-state index contributed by atoms with van der Waals surface area (Å²) in [5.74, 6) is -0.855. The van der Waals surface area contributed by atoms with Crippen LogP contribution in [0.1, 0.15) is 30.3 Å². The third-order valence-electron chi connectivity index (χ3n) is 3.42. The van der Waals surface area contributed by atoms with Crippen molar-refractivity contribution in [1.29, 1.82) is 0 Å². The van der Waals surface area contributed by atoms with Crippen molar-refractivity contribution in [2.24, 2.45) is 5.73 Å². The van der Waals surface area contributed by atoms with Crippen LogP contribution in [0, 0.1) is 0 Å². The minimum absolute atomic E-state index is 0.140. The zero-order valence-corrected chi connectivity index (χ0v) is 12.8. The summed E-state index contributed by atoms with van der Waals surface area (Å²) in [6, 6.07) is 0.988. The lowest BCUT2D eigenvalue weighted by Crippen LogP contribution is -2.44. The van der Waals surface area contributed by atoms with E-state index in [-0.39, 0.29) is 18.9 Å². The topological polar surface area (TPSA) is 88.6 Å². The number of aliphatic hydroxyl groups excluding tert-OH is 1. The summed E-state index contributed by atoms with van der Waals surface area (Å²) >= 11 is 3.35. The molecule has 1 fully saturated rings. The van der Waals surface area contributed by atoms with Gasteiger partial charge in [0.15, 0.2) is 0 Å². The van der Waals surface area contributed by atoms with Gasteiger partial charge in [-0.2, -0.15) is 0 Å². The SMILES string of the molecule is CCCn1cc(Br)cc1C(=O)N1CC(O)CC1C(N)=O. The highest BCUT2D eigenvalue weighted by Gasteiger charge is 2.38. The molecule has 0 spiro atoms. The minimum Gasteiger partial charge on any atom is -0.391 e. The number of nitrogens with zero attached hydrogens (tertiary/aromatic N) is 2. The van der Waals surface area contributed by atoms with Crippen LogP contribution in [0.5, 0.6) is 0 Å². The predicted molar refractivity (Wildman–Crippen MR) is 77.1 cm³/mol. The maximum absolute atomic E-state index is 12.6. The van der Waals surface area contributed by atoms with Crippen LogP contribution in [0.3, 0.4) is 0 Å². The smallest absolute Gasteiger partial charge is 0.271 e. The van der Waals surface area contributed by atoms with E-state index in [1.807, 2.05) is 17.7 Å². The Balaban J connectivity index is 2.28. The van der Waals surface area contributed by atoms with Crippen molar-refractivity contribution in [3.63, 3.8) is 0 Å². The van der Waals surface area contributed by atoms with Crippen molar-refractivity contribution < 1.29 is 14.7 Å². The van der Waals surface area contributed by atoms with Gasteiger partial charge in [-0.1, -0.05) is 6.92 Å². The number of amides is 2. The molecule has 2 atom stereocenters. The van der Waals surface area contributed by atoms with E-state index in [0.717, 1.165) is 10.9 Å². The number of carbonyl (C=O) groups excluding carboxylic acids is 2. The number of carbonyl (C=O) groups is 2. The van der Waals surface area contributed by atoms with E-state index in [0.29, 0.717) is 12.2 Å². The Labute approximate surface area is 125 Å². The first-order valence-electron chi connectivity index (χ1n) is 6.58. The first kappa shape index (κ1) is 15.1. The van der Waals surface area contributed by atoms with E-state index in [1.54, 1.807) is 6.07 Å². The molecule has 0 aromatic carbocycles. The van der Waals surface area contributed by atoms with Gasteiger partial charge in [-0.05, 0) is 28.4 Å². The van der Waals surface area contributed by atoms with E-state index in [2.05, 4.69) is 15.9 Å². The lowest BCUT2D eigenvalue weighted by atomic mass is 10.2. The van der Waals surface area contributed by atoms with Gasteiger partial charge in [0.1, 0.15) is 11.7 Å². The van der Waals surface area contributed by atoms with E-state index in [1.165, 1.54) is 4.90 Å². The summed E-state index contributed by atoms with van der Waals surface area (Å²) in [7, 11) is 0. The zero-order valence-electron chi connectivity index (χ0n) is 11.3. The second-order valence-electron chi connectivity index (χ2n) is 5.00. The second kappa shape index (κ2) is 5.97. The molecule has 3 N–H and O–H groups in total. The number of hydrogen-bond acceptors (Lipinski definition) is 3. The Kier molecular flexibility index (Phi) is 4.49. The second-order valence-corrected chi connectivity index (χ2v) is 5.92. The molecule has 1 aromatic heterocycles. The van der Waals surface area contributed by atoms with Crippen molar-refractivity contribution in [1.82, 2.24) is 9.47 Å². The quantitative estimate of drug-likeness (QED) is 0.844. The summed E-state index contributed by atoms with van der Waals surface area (Å²) < 4.78 is 2.65. The van der Waals surface area contributed by atoms with Crippen molar-refractivity contribution in [3.8, 4) is 0 Å². The number of halogens is 1. The van der Waals surface area contributed by atoms with Gasteiger partial charge in [0, 0.05) is 30.2 Å². The van der Waals surface area contributed by atoms with E-state index < -0.39 is 18.1 Å². The van der Waals surface area contributed by atoms with Crippen LogP contribution < -0.4 is 5.73 Å². The summed E-state index contributed by atoms with van der Waals surface area (Å²) in [5.41, 5.74) is 5.81. The first-order valence-corrected chi connectivity index (χ1v) is 7.37. The molecule has 20 heavy (non-hydrogen) atoms. The Bertz CT molecular complexity index is 529. The first-order chi connectivity index (χ1) is 9.43. The zero-order chi connectivity index (χ0) is 14.9. The molecule has 0 radical (unpaired) electrons. The highest BCUT2D eigenvalue weighted by atomic mass is 79.9.